The van der Waals surface area contributed by atoms with Crippen LogP contribution in [0.2, 0.25) is 5.02 Å². The van der Waals surface area contributed by atoms with Gasteiger partial charge in [0.15, 0.2) is 6.61 Å². The first-order valence-corrected chi connectivity index (χ1v) is 9.52. The summed E-state index contributed by atoms with van der Waals surface area (Å²) in [7, 11) is 0. The van der Waals surface area contributed by atoms with Gasteiger partial charge < -0.3 is 9.64 Å². The van der Waals surface area contributed by atoms with Crippen LogP contribution < -0.4 is 4.74 Å². The number of piperazine rings is 1. The van der Waals surface area contributed by atoms with E-state index in [-0.39, 0.29) is 12.5 Å². The van der Waals surface area contributed by atoms with Crippen LogP contribution in [0.4, 0.5) is 0 Å². The van der Waals surface area contributed by atoms with Crippen molar-refractivity contribution in [3.63, 3.8) is 0 Å². The molecule has 25 heavy (non-hydrogen) atoms. The Morgan fingerprint density at radius 2 is 1.88 bits per heavy atom. The first-order valence-electron chi connectivity index (χ1n) is 8.32. The maximum Gasteiger partial charge on any atom is 0.260 e. The van der Waals surface area contributed by atoms with E-state index in [2.05, 4.69) is 16.8 Å². The predicted molar refractivity (Wildman–Crippen MR) is 100 cm³/mol. The molecule has 1 aliphatic rings. The molecular formula is C18H22ClN3O2S. The number of carbonyl (C=O) groups is 1. The average molecular weight is 380 g/mol. The van der Waals surface area contributed by atoms with Gasteiger partial charge in [0.1, 0.15) is 10.8 Å². The SMILES string of the molecule is Cc1nc(CN2CCN(C(=O)COc3ccc(Cl)cc3)CC2)sc1C. The molecule has 3 rings (SSSR count). The highest BCUT2D eigenvalue weighted by molar-refractivity contribution is 7.11. The number of rotatable bonds is 5. The van der Waals surface area contributed by atoms with Gasteiger partial charge in [0.25, 0.3) is 5.91 Å². The number of hydrogen-bond acceptors (Lipinski definition) is 5. The summed E-state index contributed by atoms with van der Waals surface area (Å²) >= 11 is 7.60. The van der Waals surface area contributed by atoms with Crippen LogP contribution in [0.25, 0.3) is 0 Å². The summed E-state index contributed by atoms with van der Waals surface area (Å²) in [6.45, 7) is 8.27. The summed E-state index contributed by atoms with van der Waals surface area (Å²) in [5, 5.41) is 1.81. The van der Waals surface area contributed by atoms with Gasteiger partial charge in [-0.3, -0.25) is 9.69 Å². The number of aryl methyl sites for hydroxylation is 2. The van der Waals surface area contributed by atoms with Crippen molar-refractivity contribution in [2.45, 2.75) is 20.4 Å². The summed E-state index contributed by atoms with van der Waals surface area (Å²) in [6, 6.07) is 7.04. The molecule has 0 spiro atoms. The molecule has 5 nitrogen and oxygen atoms in total. The Hall–Kier alpha value is -1.63. The van der Waals surface area contributed by atoms with Crippen molar-refractivity contribution in [3.8, 4) is 5.75 Å². The van der Waals surface area contributed by atoms with Crippen LogP contribution in [0, 0.1) is 13.8 Å². The third-order valence-electron chi connectivity index (χ3n) is 4.33. The minimum atomic E-state index is 0.0236. The first kappa shape index (κ1) is 18.2. The number of aromatic nitrogens is 1. The zero-order valence-electron chi connectivity index (χ0n) is 14.5. The van der Waals surface area contributed by atoms with Gasteiger partial charge in [-0.25, -0.2) is 4.98 Å². The van der Waals surface area contributed by atoms with Gasteiger partial charge in [0.2, 0.25) is 0 Å². The lowest BCUT2D eigenvalue weighted by Gasteiger charge is -2.34. The third kappa shape index (κ3) is 4.93. The van der Waals surface area contributed by atoms with E-state index in [1.165, 1.54) is 4.88 Å². The Bertz CT molecular complexity index is 705. The number of benzene rings is 1. The highest BCUT2D eigenvalue weighted by atomic mass is 35.5. The van der Waals surface area contributed by atoms with Crippen LogP contribution in [0.3, 0.4) is 0 Å². The number of halogens is 1. The van der Waals surface area contributed by atoms with Crippen LogP contribution in [0.5, 0.6) is 5.75 Å². The summed E-state index contributed by atoms with van der Waals surface area (Å²) < 4.78 is 5.54. The van der Waals surface area contributed by atoms with Crippen LogP contribution in [0.15, 0.2) is 24.3 Å². The topological polar surface area (TPSA) is 45.7 Å². The lowest BCUT2D eigenvalue weighted by molar-refractivity contribution is -0.135. The standard InChI is InChI=1S/C18H22ClN3O2S/c1-13-14(2)25-17(20-13)11-21-7-9-22(10-8-21)18(23)12-24-16-5-3-15(19)4-6-16/h3-6H,7-12H2,1-2H3. The molecule has 7 heteroatoms. The fraction of sp³-hybridized carbons (Fsp3) is 0.444. The monoisotopic (exact) mass is 379 g/mol. The van der Waals surface area contributed by atoms with Crippen molar-refractivity contribution in [3.05, 3.63) is 44.9 Å². The fourth-order valence-corrected chi connectivity index (χ4v) is 3.82. The molecular weight excluding hydrogens is 358 g/mol. The Labute approximate surface area is 157 Å². The van der Waals surface area contributed by atoms with Gasteiger partial charge in [-0.05, 0) is 38.1 Å². The highest BCUT2D eigenvalue weighted by Gasteiger charge is 2.22. The van der Waals surface area contributed by atoms with Crippen LogP contribution in [0.1, 0.15) is 15.6 Å². The number of amides is 1. The van der Waals surface area contributed by atoms with Crippen molar-refractivity contribution < 1.29 is 9.53 Å². The summed E-state index contributed by atoms with van der Waals surface area (Å²) in [5.74, 6) is 0.682. The van der Waals surface area contributed by atoms with Gasteiger partial charge in [0, 0.05) is 36.1 Å². The van der Waals surface area contributed by atoms with Crippen molar-refractivity contribution in [2.24, 2.45) is 0 Å². The second kappa shape index (κ2) is 8.17. The van der Waals surface area contributed by atoms with Gasteiger partial charge in [-0.1, -0.05) is 11.6 Å². The quantitative estimate of drug-likeness (QED) is 0.800. The van der Waals surface area contributed by atoms with Crippen molar-refractivity contribution in [2.75, 3.05) is 32.8 Å². The number of thiazole rings is 1. The maximum absolute atomic E-state index is 12.3. The van der Waals surface area contributed by atoms with Gasteiger partial charge in [-0.15, -0.1) is 11.3 Å². The number of hydrogen-bond donors (Lipinski definition) is 0. The molecule has 1 fully saturated rings. The molecule has 2 aromatic rings. The average Bonchev–Trinajstić information content (AvgIpc) is 2.92. The van der Waals surface area contributed by atoms with Crippen molar-refractivity contribution in [1.29, 1.82) is 0 Å². The maximum atomic E-state index is 12.3. The second-order valence-corrected chi connectivity index (χ2v) is 7.87. The minimum absolute atomic E-state index is 0.0236. The van der Waals surface area contributed by atoms with Gasteiger partial charge in [-0.2, -0.15) is 0 Å². The van der Waals surface area contributed by atoms with Crippen molar-refractivity contribution in [1.82, 2.24) is 14.8 Å². The lowest BCUT2D eigenvalue weighted by Crippen LogP contribution is -2.49. The second-order valence-electron chi connectivity index (χ2n) is 6.15. The van der Waals surface area contributed by atoms with Gasteiger partial charge >= 0.3 is 0 Å². The van der Waals surface area contributed by atoms with E-state index in [0.29, 0.717) is 10.8 Å². The zero-order valence-corrected chi connectivity index (χ0v) is 16.1. The van der Waals surface area contributed by atoms with E-state index in [9.17, 15) is 4.79 Å². The Kier molecular flexibility index (Phi) is 5.93. The molecule has 0 atom stereocenters. The number of ether oxygens (including phenoxy) is 1. The molecule has 2 heterocycles. The van der Waals surface area contributed by atoms with Crippen LogP contribution in [-0.4, -0.2) is 53.5 Å². The normalized spacial score (nSPS) is 15.4. The Balaban J connectivity index is 1.43. The molecule has 0 aliphatic carbocycles. The molecule has 1 saturated heterocycles. The van der Waals surface area contributed by atoms with E-state index in [1.54, 1.807) is 35.6 Å². The van der Waals surface area contributed by atoms with E-state index in [1.807, 2.05) is 11.8 Å². The number of nitrogens with zero attached hydrogens (tertiary/aromatic N) is 3. The van der Waals surface area contributed by atoms with Crippen molar-refractivity contribution >= 4 is 28.8 Å². The Morgan fingerprint density at radius 1 is 1.20 bits per heavy atom. The molecule has 0 radical (unpaired) electrons. The molecule has 1 aromatic heterocycles. The van der Waals surface area contributed by atoms with E-state index in [0.717, 1.165) is 43.4 Å². The smallest absolute Gasteiger partial charge is 0.260 e. The highest BCUT2D eigenvalue weighted by Crippen LogP contribution is 2.19. The minimum Gasteiger partial charge on any atom is -0.484 e. The lowest BCUT2D eigenvalue weighted by atomic mass is 10.3. The van der Waals surface area contributed by atoms with Crippen LogP contribution >= 0.6 is 22.9 Å². The molecule has 134 valence electrons. The molecule has 0 bridgehead atoms. The van der Waals surface area contributed by atoms with E-state index < -0.39 is 0 Å². The Morgan fingerprint density at radius 3 is 2.48 bits per heavy atom. The molecule has 1 aromatic carbocycles. The summed E-state index contributed by atoms with van der Waals surface area (Å²) in [6.07, 6.45) is 0. The first-order chi connectivity index (χ1) is 12.0. The fourth-order valence-electron chi connectivity index (χ4n) is 2.72. The molecule has 0 unspecified atom stereocenters. The van der Waals surface area contributed by atoms with Crippen LogP contribution in [-0.2, 0) is 11.3 Å². The molecule has 1 aliphatic heterocycles. The third-order valence-corrected chi connectivity index (χ3v) is 5.64. The van der Waals surface area contributed by atoms with E-state index in [4.69, 9.17) is 16.3 Å². The van der Waals surface area contributed by atoms with E-state index >= 15 is 0 Å². The number of carbonyl (C=O) groups excluding carboxylic acids is 1. The summed E-state index contributed by atoms with van der Waals surface area (Å²) in [4.78, 5) is 22.4. The van der Waals surface area contributed by atoms with Gasteiger partial charge in [0.05, 0.1) is 12.2 Å². The predicted octanol–water partition coefficient (Wildman–Crippen LogP) is 3.14. The molecule has 0 saturated carbocycles. The molecule has 1 amide bonds. The summed E-state index contributed by atoms with van der Waals surface area (Å²) in [5.41, 5.74) is 1.12. The largest absolute Gasteiger partial charge is 0.484 e. The molecule has 0 N–H and O–H groups in total. The zero-order chi connectivity index (χ0) is 17.8.